The van der Waals surface area contributed by atoms with Crippen molar-refractivity contribution in [2.75, 3.05) is 19.3 Å². The first-order valence-corrected chi connectivity index (χ1v) is 5.08. The van der Waals surface area contributed by atoms with Crippen molar-refractivity contribution >= 4 is 17.5 Å². The molecule has 0 aliphatic carbocycles. The molecule has 0 radical (unpaired) electrons. The molecule has 0 unspecified atom stereocenters. The number of nitrogens with two attached hydrogens (primary N) is 1. The van der Waals surface area contributed by atoms with Gasteiger partial charge < -0.3 is 16.4 Å². The Morgan fingerprint density at radius 3 is 2.76 bits per heavy atom. The second-order valence-corrected chi connectivity index (χ2v) is 3.41. The summed E-state index contributed by atoms with van der Waals surface area (Å²) in [6, 6.07) is 3.56. The molecule has 0 heterocycles. The highest BCUT2D eigenvalue weighted by Gasteiger charge is 2.10. The predicted octanol–water partition coefficient (Wildman–Crippen LogP) is 0.274. The van der Waals surface area contributed by atoms with E-state index in [1.54, 1.807) is 0 Å². The van der Waals surface area contributed by atoms with Crippen molar-refractivity contribution in [3.63, 3.8) is 0 Å². The number of hydrogen-bond acceptors (Lipinski definition) is 3. The minimum Gasteiger partial charge on any atom is -0.398 e. The van der Waals surface area contributed by atoms with Crippen LogP contribution in [0.5, 0.6) is 0 Å². The maximum absolute atomic E-state index is 12.9. The Bertz CT molecular complexity index is 435. The zero-order valence-electron chi connectivity index (χ0n) is 9.42. The maximum Gasteiger partial charge on any atom is 0.253 e. The third-order valence-corrected chi connectivity index (χ3v) is 2.18. The van der Waals surface area contributed by atoms with Gasteiger partial charge >= 0.3 is 0 Å². The van der Waals surface area contributed by atoms with Crippen LogP contribution in [0.1, 0.15) is 16.8 Å². The monoisotopic (exact) mass is 239 g/mol. The van der Waals surface area contributed by atoms with Crippen molar-refractivity contribution < 1.29 is 14.0 Å². The van der Waals surface area contributed by atoms with Gasteiger partial charge in [-0.25, -0.2) is 4.39 Å². The second kappa shape index (κ2) is 5.83. The molecule has 0 aromatic heterocycles. The number of carbonyl (C=O) groups is 2. The Balaban J connectivity index is 2.58. The first-order valence-electron chi connectivity index (χ1n) is 5.08. The Kier molecular flexibility index (Phi) is 4.45. The van der Waals surface area contributed by atoms with Gasteiger partial charge in [-0.2, -0.15) is 0 Å². The number of nitrogen functional groups attached to an aromatic ring is 1. The lowest BCUT2D eigenvalue weighted by atomic mass is 10.1. The molecule has 0 aliphatic heterocycles. The van der Waals surface area contributed by atoms with Crippen LogP contribution in [-0.4, -0.2) is 25.4 Å². The van der Waals surface area contributed by atoms with Gasteiger partial charge in [-0.3, -0.25) is 9.59 Å². The lowest BCUT2D eigenvalue weighted by Gasteiger charge is -2.07. The van der Waals surface area contributed by atoms with Crippen molar-refractivity contribution in [2.24, 2.45) is 0 Å². The van der Waals surface area contributed by atoms with Crippen LogP contribution in [0.3, 0.4) is 0 Å². The van der Waals surface area contributed by atoms with Gasteiger partial charge in [-0.15, -0.1) is 0 Å². The van der Waals surface area contributed by atoms with E-state index in [1.165, 1.54) is 19.2 Å². The van der Waals surface area contributed by atoms with Crippen LogP contribution in [-0.2, 0) is 4.79 Å². The van der Waals surface area contributed by atoms with Crippen molar-refractivity contribution in [3.8, 4) is 0 Å². The molecule has 0 spiro atoms. The first kappa shape index (κ1) is 13.0. The molecule has 6 heteroatoms. The van der Waals surface area contributed by atoms with Gasteiger partial charge in [0.15, 0.2) is 0 Å². The fourth-order valence-electron chi connectivity index (χ4n) is 1.23. The Labute approximate surface area is 98.2 Å². The van der Waals surface area contributed by atoms with Gasteiger partial charge in [0.05, 0.1) is 5.56 Å². The summed E-state index contributed by atoms with van der Waals surface area (Å²) >= 11 is 0. The zero-order chi connectivity index (χ0) is 12.8. The quantitative estimate of drug-likeness (QED) is 0.659. The smallest absolute Gasteiger partial charge is 0.253 e. The van der Waals surface area contributed by atoms with Gasteiger partial charge in [0, 0.05) is 25.7 Å². The molecule has 1 aromatic rings. The largest absolute Gasteiger partial charge is 0.398 e. The van der Waals surface area contributed by atoms with Gasteiger partial charge in [-0.05, 0) is 18.2 Å². The second-order valence-electron chi connectivity index (χ2n) is 3.41. The molecule has 1 aromatic carbocycles. The van der Waals surface area contributed by atoms with E-state index in [4.69, 9.17) is 5.73 Å². The highest BCUT2D eigenvalue weighted by Crippen LogP contribution is 2.12. The SMILES string of the molecule is CNC(=O)CCNC(=O)c1cc(F)ccc1N. The number of halogens is 1. The van der Waals surface area contributed by atoms with E-state index in [0.717, 1.165) is 6.07 Å². The summed E-state index contributed by atoms with van der Waals surface area (Å²) in [6.45, 7) is 0.175. The maximum atomic E-state index is 12.9. The van der Waals surface area contributed by atoms with E-state index < -0.39 is 11.7 Å². The van der Waals surface area contributed by atoms with Crippen molar-refractivity contribution in [2.45, 2.75) is 6.42 Å². The topological polar surface area (TPSA) is 84.2 Å². The zero-order valence-corrected chi connectivity index (χ0v) is 9.42. The first-order chi connectivity index (χ1) is 8.04. The number of anilines is 1. The number of rotatable bonds is 4. The highest BCUT2D eigenvalue weighted by atomic mass is 19.1. The summed E-state index contributed by atoms with van der Waals surface area (Å²) in [4.78, 5) is 22.5. The number of amides is 2. The molecule has 92 valence electrons. The fourth-order valence-corrected chi connectivity index (χ4v) is 1.23. The predicted molar refractivity (Wildman–Crippen MR) is 61.8 cm³/mol. The van der Waals surface area contributed by atoms with Crippen LogP contribution < -0.4 is 16.4 Å². The molecule has 0 saturated carbocycles. The Morgan fingerprint density at radius 1 is 1.41 bits per heavy atom. The van der Waals surface area contributed by atoms with Crippen LogP contribution in [0.4, 0.5) is 10.1 Å². The molecule has 0 aliphatic rings. The molecule has 2 amide bonds. The van der Waals surface area contributed by atoms with Crippen LogP contribution in [0.2, 0.25) is 0 Å². The lowest BCUT2D eigenvalue weighted by Crippen LogP contribution is -2.29. The van der Waals surface area contributed by atoms with Crippen LogP contribution in [0.25, 0.3) is 0 Å². The standard InChI is InChI=1S/C11H14FN3O2/c1-14-10(16)4-5-15-11(17)8-6-7(12)2-3-9(8)13/h2-3,6H,4-5,13H2,1H3,(H,14,16)(H,15,17). The number of hydrogen-bond donors (Lipinski definition) is 3. The van der Waals surface area contributed by atoms with Crippen molar-refractivity contribution in [3.05, 3.63) is 29.6 Å². The van der Waals surface area contributed by atoms with E-state index in [1.807, 2.05) is 0 Å². The average molecular weight is 239 g/mol. The summed E-state index contributed by atoms with van der Waals surface area (Å²) < 4.78 is 12.9. The van der Waals surface area contributed by atoms with Gasteiger partial charge in [0.2, 0.25) is 5.91 Å². The van der Waals surface area contributed by atoms with E-state index in [9.17, 15) is 14.0 Å². The highest BCUT2D eigenvalue weighted by molar-refractivity contribution is 5.99. The van der Waals surface area contributed by atoms with Crippen molar-refractivity contribution in [1.82, 2.24) is 10.6 Å². The molecule has 0 atom stereocenters. The molecule has 0 fully saturated rings. The lowest BCUT2D eigenvalue weighted by molar-refractivity contribution is -0.120. The van der Waals surface area contributed by atoms with Crippen LogP contribution >= 0.6 is 0 Å². The van der Waals surface area contributed by atoms with Gasteiger partial charge in [0.1, 0.15) is 5.82 Å². The summed E-state index contributed by atoms with van der Waals surface area (Å²) in [5.41, 5.74) is 5.81. The van der Waals surface area contributed by atoms with E-state index in [0.29, 0.717) is 0 Å². The number of carbonyl (C=O) groups excluding carboxylic acids is 2. The normalized spacial score (nSPS) is 9.76. The van der Waals surface area contributed by atoms with Crippen LogP contribution in [0, 0.1) is 5.82 Å². The minimum absolute atomic E-state index is 0.0712. The fraction of sp³-hybridized carbons (Fsp3) is 0.273. The Morgan fingerprint density at radius 2 is 2.12 bits per heavy atom. The van der Waals surface area contributed by atoms with E-state index in [-0.39, 0.29) is 30.1 Å². The summed E-state index contributed by atoms with van der Waals surface area (Å²) in [5.74, 6) is -1.21. The summed E-state index contributed by atoms with van der Waals surface area (Å²) in [5, 5.41) is 4.91. The third-order valence-electron chi connectivity index (χ3n) is 2.18. The molecule has 1 rings (SSSR count). The molecule has 0 saturated heterocycles. The average Bonchev–Trinajstić information content (AvgIpc) is 2.31. The Hall–Kier alpha value is -2.11. The van der Waals surface area contributed by atoms with Gasteiger partial charge in [0.25, 0.3) is 5.91 Å². The molecule has 5 nitrogen and oxygen atoms in total. The summed E-state index contributed by atoms with van der Waals surface area (Å²) in [7, 11) is 1.51. The molecular formula is C11H14FN3O2. The van der Waals surface area contributed by atoms with Gasteiger partial charge in [-0.1, -0.05) is 0 Å². The van der Waals surface area contributed by atoms with Crippen molar-refractivity contribution in [1.29, 1.82) is 0 Å². The number of nitrogens with one attached hydrogen (secondary N) is 2. The molecular weight excluding hydrogens is 225 g/mol. The molecule has 17 heavy (non-hydrogen) atoms. The number of benzene rings is 1. The minimum atomic E-state index is -0.532. The van der Waals surface area contributed by atoms with Crippen LogP contribution in [0.15, 0.2) is 18.2 Å². The molecule has 0 bridgehead atoms. The van der Waals surface area contributed by atoms with E-state index >= 15 is 0 Å². The third kappa shape index (κ3) is 3.75. The molecule has 4 N–H and O–H groups in total. The summed E-state index contributed by atoms with van der Waals surface area (Å²) in [6.07, 6.45) is 0.164. The van der Waals surface area contributed by atoms with E-state index in [2.05, 4.69) is 10.6 Å².